The molecule has 0 bridgehead atoms. The number of tetrazole rings is 1. The monoisotopic (exact) mass is 226 g/mol. The topological polar surface area (TPSA) is 98.0 Å². The molecule has 0 radical (unpaired) electrons. The Morgan fingerprint density at radius 3 is 2.33 bits per heavy atom. The average molecular weight is 226 g/mol. The Bertz CT molecular complexity index is 546. The van der Waals surface area contributed by atoms with Gasteiger partial charge in [0.25, 0.3) is 10.1 Å². The largest absolute Gasteiger partial charge is 0.294 e. The highest BCUT2D eigenvalue weighted by Crippen LogP contribution is 2.11. The second-order valence-corrected chi connectivity index (χ2v) is 4.12. The molecule has 0 aliphatic carbocycles. The maximum Gasteiger partial charge on any atom is 0.294 e. The molecular formula is C7H6N4O3S. The van der Waals surface area contributed by atoms with Crippen molar-refractivity contribution in [3.8, 4) is 5.69 Å². The molecule has 1 N–H and O–H groups in total. The van der Waals surface area contributed by atoms with E-state index in [1.54, 1.807) is 0 Å². The van der Waals surface area contributed by atoms with Gasteiger partial charge >= 0.3 is 0 Å². The van der Waals surface area contributed by atoms with Gasteiger partial charge < -0.3 is 0 Å². The van der Waals surface area contributed by atoms with Gasteiger partial charge in [-0.15, -0.1) is 15.0 Å². The minimum atomic E-state index is -4.15. The number of benzene rings is 1. The Labute approximate surface area is 85.1 Å². The van der Waals surface area contributed by atoms with E-state index in [0.29, 0.717) is 5.69 Å². The maximum absolute atomic E-state index is 10.7. The highest BCUT2D eigenvalue weighted by Gasteiger charge is 2.09. The number of hydrogen-bond acceptors (Lipinski definition) is 5. The number of rotatable bonds is 2. The number of hydrogen-bond donors (Lipinski definition) is 1. The van der Waals surface area contributed by atoms with Crippen LogP contribution in [0.5, 0.6) is 0 Å². The Kier molecular flexibility index (Phi) is 2.21. The van der Waals surface area contributed by atoms with E-state index in [2.05, 4.69) is 15.4 Å². The van der Waals surface area contributed by atoms with Crippen molar-refractivity contribution in [3.63, 3.8) is 0 Å². The third-order valence-electron chi connectivity index (χ3n) is 1.71. The molecule has 0 atom stereocenters. The van der Waals surface area contributed by atoms with Crippen molar-refractivity contribution in [3.05, 3.63) is 30.6 Å². The van der Waals surface area contributed by atoms with E-state index in [4.69, 9.17) is 4.55 Å². The van der Waals surface area contributed by atoms with Crippen LogP contribution in [0.3, 0.4) is 0 Å². The summed E-state index contributed by atoms with van der Waals surface area (Å²) in [6, 6.07) is 5.44. The van der Waals surface area contributed by atoms with Crippen molar-refractivity contribution < 1.29 is 13.0 Å². The summed E-state index contributed by atoms with van der Waals surface area (Å²) in [5.74, 6) is 0. The Hall–Kier alpha value is -1.80. The van der Waals surface area contributed by atoms with Gasteiger partial charge in [-0.3, -0.25) is 4.55 Å². The molecule has 0 saturated heterocycles. The molecule has 0 spiro atoms. The summed E-state index contributed by atoms with van der Waals surface area (Å²) >= 11 is 0. The van der Waals surface area contributed by atoms with Crippen LogP contribution in [0.1, 0.15) is 0 Å². The molecule has 78 valence electrons. The first-order chi connectivity index (χ1) is 7.07. The number of nitrogens with zero attached hydrogens (tertiary/aromatic N) is 4. The van der Waals surface area contributed by atoms with Gasteiger partial charge in [-0.2, -0.15) is 8.42 Å². The Morgan fingerprint density at radius 1 is 1.20 bits per heavy atom. The van der Waals surface area contributed by atoms with Gasteiger partial charge in [-0.05, 0) is 29.5 Å². The lowest BCUT2D eigenvalue weighted by Crippen LogP contribution is -2.01. The van der Waals surface area contributed by atoms with E-state index in [1.807, 2.05) is 0 Å². The molecule has 2 rings (SSSR count). The molecule has 1 heterocycles. The molecule has 7 nitrogen and oxygen atoms in total. The van der Waals surface area contributed by atoms with Crippen LogP contribution in [-0.2, 0) is 10.1 Å². The summed E-state index contributed by atoms with van der Waals surface area (Å²) in [5, 5.41) is 10.9. The molecule has 2 aromatic rings. The van der Waals surface area contributed by atoms with Gasteiger partial charge in [-0.25, -0.2) is 0 Å². The first-order valence-electron chi connectivity index (χ1n) is 3.88. The van der Waals surface area contributed by atoms with E-state index in [0.717, 1.165) is 0 Å². The fraction of sp³-hybridized carbons (Fsp3) is 0. The Balaban J connectivity index is 2.42. The molecule has 1 aromatic heterocycles. The highest BCUT2D eigenvalue weighted by molar-refractivity contribution is 7.85. The van der Waals surface area contributed by atoms with Crippen molar-refractivity contribution in [2.75, 3.05) is 0 Å². The molecule has 0 fully saturated rings. The van der Waals surface area contributed by atoms with Gasteiger partial charge in [0.05, 0.1) is 10.6 Å². The zero-order valence-corrected chi connectivity index (χ0v) is 8.16. The van der Waals surface area contributed by atoms with Crippen LogP contribution in [0.4, 0.5) is 0 Å². The second-order valence-electron chi connectivity index (χ2n) is 2.69. The fourth-order valence-electron chi connectivity index (χ4n) is 1.04. The van der Waals surface area contributed by atoms with E-state index in [9.17, 15) is 8.42 Å². The SMILES string of the molecule is O=S(=O)(O)c1ccc(-n2ncnn2)cc1. The molecule has 0 amide bonds. The van der Waals surface area contributed by atoms with Crippen LogP contribution in [0.2, 0.25) is 0 Å². The highest BCUT2D eigenvalue weighted by atomic mass is 32.2. The summed E-state index contributed by atoms with van der Waals surface area (Å²) in [6.07, 6.45) is 1.26. The summed E-state index contributed by atoms with van der Waals surface area (Å²) in [4.78, 5) is 1.06. The lowest BCUT2D eigenvalue weighted by molar-refractivity contribution is 0.483. The van der Waals surface area contributed by atoms with Gasteiger partial charge in [-0.1, -0.05) is 0 Å². The first kappa shape index (κ1) is 9.74. The Morgan fingerprint density at radius 2 is 1.87 bits per heavy atom. The van der Waals surface area contributed by atoms with Crippen molar-refractivity contribution in [2.45, 2.75) is 4.90 Å². The van der Waals surface area contributed by atoms with E-state index < -0.39 is 10.1 Å². The summed E-state index contributed by atoms with van der Waals surface area (Å²) in [7, 11) is -4.15. The van der Waals surface area contributed by atoms with Gasteiger partial charge in [0, 0.05) is 0 Å². The first-order valence-corrected chi connectivity index (χ1v) is 5.32. The molecule has 0 aliphatic heterocycles. The van der Waals surface area contributed by atoms with Crippen LogP contribution < -0.4 is 0 Å². The van der Waals surface area contributed by atoms with Gasteiger partial charge in [0.1, 0.15) is 0 Å². The minimum absolute atomic E-state index is 0.175. The standard InChI is InChI=1S/C7H6N4O3S/c12-15(13,14)7-3-1-6(2-4-7)11-9-5-8-10-11/h1-5H,(H,12,13,14). The lowest BCUT2D eigenvalue weighted by atomic mass is 10.3. The van der Waals surface area contributed by atoms with Crippen molar-refractivity contribution >= 4 is 10.1 Å². The summed E-state index contributed by atoms with van der Waals surface area (Å²) in [5.41, 5.74) is 0.555. The van der Waals surface area contributed by atoms with Crippen LogP contribution in [0, 0.1) is 0 Å². The molecular weight excluding hydrogens is 220 g/mol. The fourth-order valence-corrected chi connectivity index (χ4v) is 1.52. The summed E-state index contributed by atoms with van der Waals surface area (Å²) in [6.45, 7) is 0. The maximum atomic E-state index is 10.7. The normalized spacial score (nSPS) is 11.5. The quantitative estimate of drug-likeness (QED) is 0.718. The average Bonchev–Trinajstić information content (AvgIpc) is 2.69. The minimum Gasteiger partial charge on any atom is -0.282 e. The second kappa shape index (κ2) is 3.41. The zero-order chi connectivity index (χ0) is 10.9. The molecule has 15 heavy (non-hydrogen) atoms. The zero-order valence-electron chi connectivity index (χ0n) is 7.35. The van der Waals surface area contributed by atoms with Crippen LogP contribution >= 0.6 is 0 Å². The molecule has 0 saturated carbocycles. The van der Waals surface area contributed by atoms with E-state index >= 15 is 0 Å². The number of aromatic nitrogens is 4. The molecule has 0 aliphatic rings. The van der Waals surface area contributed by atoms with E-state index in [1.165, 1.54) is 35.4 Å². The third-order valence-corrected chi connectivity index (χ3v) is 2.58. The van der Waals surface area contributed by atoms with Crippen molar-refractivity contribution in [2.24, 2.45) is 0 Å². The van der Waals surface area contributed by atoms with Gasteiger partial charge in [0.15, 0.2) is 6.33 Å². The smallest absolute Gasteiger partial charge is 0.282 e. The predicted octanol–water partition coefficient (Wildman–Crippen LogP) is -0.0910. The lowest BCUT2D eigenvalue weighted by Gasteiger charge is -1.99. The summed E-state index contributed by atoms with van der Waals surface area (Å²) < 4.78 is 30.2. The predicted molar refractivity (Wildman–Crippen MR) is 49.0 cm³/mol. The van der Waals surface area contributed by atoms with Crippen LogP contribution in [0.25, 0.3) is 5.69 Å². The van der Waals surface area contributed by atoms with Crippen LogP contribution in [-0.4, -0.2) is 33.2 Å². The van der Waals surface area contributed by atoms with E-state index in [-0.39, 0.29) is 4.90 Å². The van der Waals surface area contributed by atoms with Crippen molar-refractivity contribution in [1.29, 1.82) is 0 Å². The molecule has 0 unspecified atom stereocenters. The third kappa shape index (κ3) is 2.00. The van der Waals surface area contributed by atoms with Crippen molar-refractivity contribution in [1.82, 2.24) is 20.2 Å². The van der Waals surface area contributed by atoms with Crippen LogP contribution in [0.15, 0.2) is 35.5 Å². The molecule has 8 heteroatoms. The van der Waals surface area contributed by atoms with Gasteiger partial charge in [0.2, 0.25) is 0 Å². The molecule has 1 aromatic carbocycles.